The van der Waals surface area contributed by atoms with Crippen LogP contribution in [-0.4, -0.2) is 35.9 Å². The smallest absolute Gasteiger partial charge is 0.170 e. The van der Waals surface area contributed by atoms with Gasteiger partial charge in [0.25, 0.3) is 0 Å². The molecule has 1 atom stereocenters. The van der Waals surface area contributed by atoms with E-state index < -0.39 is 5.60 Å². The van der Waals surface area contributed by atoms with Crippen LogP contribution in [0.25, 0.3) is 0 Å². The Labute approximate surface area is 152 Å². The first-order valence-corrected chi connectivity index (χ1v) is 9.54. The Morgan fingerprint density at radius 3 is 2.52 bits per heavy atom. The van der Waals surface area contributed by atoms with Crippen molar-refractivity contribution in [3.05, 3.63) is 35.9 Å². The molecule has 0 saturated heterocycles. The highest BCUT2D eigenvalue weighted by atomic mass is 16.3. The summed E-state index contributed by atoms with van der Waals surface area (Å²) in [4.78, 5) is 15.1. The molecule has 1 saturated carbocycles. The minimum Gasteiger partial charge on any atom is -0.377 e. The molecule has 0 bridgehead atoms. The van der Waals surface area contributed by atoms with Crippen LogP contribution >= 0.6 is 0 Å². The Morgan fingerprint density at radius 2 is 1.88 bits per heavy atom. The minimum absolute atomic E-state index is 0.0235. The summed E-state index contributed by atoms with van der Waals surface area (Å²) in [5, 5.41) is 11.5. The Kier molecular flexibility index (Phi) is 7.68. The van der Waals surface area contributed by atoms with Crippen molar-refractivity contribution in [2.75, 3.05) is 20.1 Å². The first-order valence-electron chi connectivity index (χ1n) is 9.54. The number of nitrogens with zero attached hydrogens (tertiary/aromatic N) is 1. The Hall–Kier alpha value is -1.63. The Balaban J connectivity index is 2.08. The molecule has 1 aliphatic rings. The number of benzene rings is 1. The zero-order chi connectivity index (χ0) is 18.1. The molecule has 0 aliphatic heterocycles. The second kappa shape index (κ2) is 9.75. The van der Waals surface area contributed by atoms with Crippen molar-refractivity contribution < 1.29 is 9.90 Å². The third-order valence-electron chi connectivity index (χ3n) is 5.33. The third-order valence-corrected chi connectivity index (χ3v) is 5.33. The summed E-state index contributed by atoms with van der Waals surface area (Å²) in [6, 6.07) is 9.49. The summed E-state index contributed by atoms with van der Waals surface area (Å²) in [7, 11) is 2.02. The number of carbonyl (C=O) groups is 1. The highest BCUT2D eigenvalue weighted by Crippen LogP contribution is 2.40. The number of carbonyl (C=O) groups excluding carboxylic acids is 1. The van der Waals surface area contributed by atoms with Gasteiger partial charge in [0.05, 0.1) is 6.54 Å². The molecule has 1 aromatic carbocycles. The number of hydrogen-bond acceptors (Lipinski definition) is 3. The lowest BCUT2D eigenvalue weighted by Crippen LogP contribution is -2.44. The van der Waals surface area contributed by atoms with Crippen molar-refractivity contribution in [3.63, 3.8) is 0 Å². The van der Waals surface area contributed by atoms with Crippen LogP contribution in [0.3, 0.4) is 0 Å². The van der Waals surface area contributed by atoms with E-state index in [4.69, 9.17) is 0 Å². The van der Waals surface area contributed by atoms with Gasteiger partial charge < -0.3 is 5.11 Å². The van der Waals surface area contributed by atoms with Gasteiger partial charge in [-0.2, -0.15) is 0 Å². The van der Waals surface area contributed by atoms with Gasteiger partial charge in [-0.15, -0.1) is 5.92 Å². The molecular formula is C22H31NO2. The normalized spacial score (nSPS) is 17.6. The predicted octanol–water partition coefficient (Wildman–Crippen LogP) is 3.76. The van der Waals surface area contributed by atoms with Gasteiger partial charge in [-0.3, -0.25) is 9.69 Å². The third kappa shape index (κ3) is 5.17. The van der Waals surface area contributed by atoms with Crippen LogP contribution in [-0.2, 0) is 10.4 Å². The minimum atomic E-state index is -1.36. The summed E-state index contributed by atoms with van der Waals surface area (Å²) >= 11 is 0. The monoisotopic (exact) mass is 341 g/mol. The molecular weight excluding hydrogens is 310 g/mol. The van der Waals surface area contributed by atoms with Gasteiger partial charge in [0.15, 0.2) is 11.4 Å². The molecule has 0 radical (unpaired) electrons. The first kappa shape index (κ1) is 19.7. The molecule has 1 aliphatic carbocycles. The lowest BCUT2D eigenvalue weighted by molar-refractivity contribution is -0.146. The molecule has 1 fully saturated rings. The summed E-state index contributed by atoms with van der Waals surface area (Å²) in [5.74, 6) is 6.13. The van der Waals surface area contributed by atoms with E-state index in [-0.39, 0.29) is 11.7 Å². The maximum atomic E-state index is 13.0. The van der Waals surface area contributed by atoms with Gasteiger partial charge in [0.1, 0.15) is 0 Å². The molecule has 0 aromatic heterocycles. The molecule has 136 valence electrons. The second-order valence-electron chi connectivity index (χ2n) is 7.07. The fraction of sp³-hybridized carbons (Fsp3) is 0.591. The lowest BCUT2D eigenvalue weighted by atomic mass is 9.70. The van der Waals surface area contributed by atoms with Gasteiger partial charge in [-0.1, -0.05) is 62.4 Å². The summed E-state index contributed by atoms with van der Waals surface area (Å²) in [5.41, 5.74) is -0.616. The van der Waals surface area contributed by atoms with Crippen LogP contribution in [0.5, 0.6) is 0 Å². The van der Waals surface area contributed by atoms with Crippen molar-refractivity contribution in [1.29, 1.82) is 0 Å². The summed E-state index contributed by atoms with van der Waals surface area (Å²) in [6.45, 7) is 3.77. The number of aliphatic hydroxyl groups is 1. The van der Waals surface area contributed by atoms with E-state index in [9.17, 15) is 9.90 Å². The highest BCUT2D eigenvalue weighted by Gasteiger charge is 2.44. The average Bonchev–Trinajstić information content (AvgIpc) is 2.68. The number of ketones is 1. The topological polar surface area (TPSA) is 40.5 Å². The average molecular weight is 341 g/mol. The lowest BCUT2D eigenvalue weighted by Gasteiger charge is -2.37. The van der Waals surface area contributed by atoms with Crippen LogP contribution < -0.4 is 0 Å². The maximum Gasteiger partial charge on any atom is 0.170 e. The molecule has 0 heterocycles. The van der Waals surface area contributed by atoms with Crippen molar-refractivity contribution in [3.8, 4) is 11.8 Å². The molecule has 0 spiro atoms. The van der Waals surface area contributed by atoms with E-state index in [0.717, 1.165) is 44.3 Å². The van der Waals surface area contributed by atoms with E-state index >= 15 is 0 Å². The standard InChI is InChI=1S/C22H31NO2/c1-3-23(2)18-12-6-11-17-21(24)22(25,19-13-7-4-8-14-19)20-15-9-5-10-16-20/h4,7-8,13-14,20,25H,3,5,9-11,15-18H2,1-2H3. The van der Waals surface area contributed by atoms with Gasteiger partial charge in [-0.05, 0) is 37.9 Å². The quantitative estimate of drug-likeness (QED) is 0.768. The van der Waals surface area contributed by atoms with E-state index in [1.165, 1.54) is 6.42 Å². The van der Waals surface area contributed by atoms with Crippen LogP contribution in [0.1, 0.15) is 57.4 Å². The predicted molar refractivity (Wildman–Crippen MR) is 102 cm³/mol. The molecule has 3 nitrogen and oxygen atoms in total. The zero-order valence-corrected chi connectivity index (χ0v) is 15.6. The molecule has 2 rings (SSSR count). The van der Waals surface area contributed by atoms with Crippen molar-refractivity contribution in [2.45, 2.75) is 57.5 Å². The van der Waals surface area contributed by atoms with Gasteiger partial charge in [-0.25, -0.2) is 0 Å². The van der Waals surface area contributed by atoms with E-state index in [0.29, 0.717) is 12.8 Å². The van der Waals surface area contributed by atoms with E-state index in [1.54, 1.807) is 0 Å². The molecule has 1 aromatic rings. The number of Topliss-reactive ketones (excluding diaryl/α,β-unsaturated/α-hetero) is 1. The van der Waals surface area contributed by atoms with Crippen molar-refractivity contribution in [2.24, 2.45) is 5.92 Å². The van der Waals surface area contributed by atoms with Crippen molar-refractivity contribution >= 4 is 5.78 Å². The van der Waals surface area contributed by atoms with Crippen LogP contribution in [0, 0.1) is 17.8 Å². The SMILES string of the molecule is CCN(C)CC#CCCC(=O)C(O)(c1ccccc1)C1CCCCC1. The molecule has 0 amide bonds. The molecule has 25 heavy (non-hydrogen) atoms. The second-order valence-corrected chi connectivity index (χ2v) is 7.07. The van der Waals surface area contributed by atoms with Gasteiger partial charge >= 0.3 is 0 Å². The van der Waals surface area contributed by atoms with Crippen LogP contribution in [0.4, 0.5) is 0 Å². The summed E-state index contributed by atoms with van der Waals surface area (Å²) < 4.78 is 0. The Bertz CT molecular complexity index is 595. The number of hydrogen-bond donors (Lipinski definition) is 1. The number of rotatable bonds is 7. The molecule has 1 unspecified atom stereocenters. The van der Waals surface area contributed by atoms with Gasteiger partial charge in [0.2, 0.25) is 0 Å². The molecule has 1 N–H and O–H groups in total. The highest BCUT2D eigenvalue weighted by molar-refractivity contribution is 5.88. The maximum absolute atomic E-state index is 13.0. The molecule has 3 heteroatoms. The largest absolute Gasteiger partial charge is 0.377 e. The van der Waals surface area contributed by atoms with E-state index in [1.807, 2.05) is 37.4 Å². The zero-order valence-electron chi connectivity index (χ0n) is 15.6. The fourth-order valence-electron chi connectivity index (χ4n) is 3.59. The fourth-order valence-corrected chi connectivity index (χ4v) is 3.59. The van der Waals surface area contributed by atoms with Crippen LogP contribution in [0.2, 0.25) is 0 Å². The van der Waals surface area contributed by atoms with E-state index in [2.05, 4.69) is 23.7 Å². The van der Waals surface area contributed by atoms with Gasteiger partial charge in [0, 0.05) is 12.8 Å². The Morgan fingerprint density at radius 1 is 1.20 bits per heavy atom. The van der Waals surface area contributed by atoms with Crippen LogP contribution in [0.15, 0.2) is 30.3 Å². The first-order chi connectivity index (χ1) is 12.1. The van der Waals surface area contributed by atoms with Crippen molar-refractivity contribution in [1.82, 2.24) is 4.90 Å². The summed E-state index contributed by atoms with van der Waals surface area (Å²) in [6.07, 6.45) is 6.05.